The van der Waals surface area contributed by atoms with Crippen LogP contribution in [-0.4, -0.2) is 49.0 Å². The van der Waals surface area contributed by atoms with Gasteiger partial charge in [-0.1, -0.05) is 26.0 Å². The lowest BCUT2D eigenvalue weighted by molar-refractivity contribution is -0.131. The van der Waals surface area contributed by atoms with Gasteiger partial charge in [0.25, 0.3) is 0 Å². The molecule has 186 valence electrons. The number of hydrogen-bond acceptors (Lipinski definition) is 5. The van der Waals surface area contributed by atoms with Gasteiger partial charge in [0, 0.05) is 50.6 Å². The number of carbonyl (C=O) groups is 1. The normalized spacial score (nSPS) is 14.9. The van der Waals surface area contributed by atoms with E-state index in [1.54, 1.807) is 13.2 Å². The summed E-state index contributed by atoms with van der Waals surface area (Å²) in [6.07, 6.45) is 2.16. The van der Waals surface area contributed by atoms with Crippen molar-refractivity contribution in [2.24, 2.45) is 0 Å². The molecule has 35 heavy (non-hydrogen) atoms. The summed E-state index contributed by atoms with van der Waals surface area (Å²) in [5.74, 6) is 1.42. The summed E-state index contributed by atoms with van der Waals surface area (Å²) in [5.41, 5.74) is 4.90. The highest BCUT2D eigenvalue weighted by Gasteiger charge is 2.20. The molecule has 1 aliphatic heterocycles. The van der Waals surface area contributed by atoms with Gasteiger partial charge >= 0.3 is 5.63 Å². The molecule has 0 N–H and O–H groups in total. The van der Waals surface area contributed by atoms with Crippen molar-refractivity contribution in [3.63, 3.8) is 0 Å². The Kier molecular flexibility index (Phi) is 7.91. The van der Waals surface area contributed by atoms with Crippen molar-refractivity contribution in [1.82, 2.24) is 9.80 Å². The molecule has 1 aromatic heterocycles. The van der Waals surface area contributed by atoms with Gasteiger partial charge in [-0.2, -0.15) is 0 Å². The van der Waals surface area contributed by atoms with Crippen molar-refractivity contribution in [3.05, 3.63) is 75.1 Å². The Bertz CT molecular complexity index is 1230. The summed E-state index contributed by atoms with van der Waals surface area (Å²) < 4.78 is 10.7. The molecule has 0 aliphatic carbocycles. The van der Waals surface area contributed by atoms with Gasteiger partial charge in [-0.15, -0.1) is 0 Å². The SMILES string of the molecule is COc1ccc(CCC(=O)N2CCCN(Cc3cc(=O)oc4cc(C)c(C(C)C)cc34)CC2)cc1. The van der Waals surface area contributed by atoms with Crippen molar-refractivity contribution in [2.75, 3.05) is 33.3 Å². The minimum absolute atomic E-state index is 0.200. The van der Waals surface area contributed by atoms with Crippen LogP contribution in [0.15, 0.2) is 51.7 Å². The fraction of sp³-hybridized carbons (Fsp3) is 0.448. The first kappa shape index (κ1) is 25.0. The Morgan fingerprint density at radius 1 is 1.06 bits per heavy atom. The molecule has 0 spiro atoms. The first-order valence-corrected chi connectivity index (χ1v) is 12.5. The number of carbonyl (C=O) groups excluding carboxylic acids is 1. The van der Waals surface area contributed by atoms with E-state index in [0.29, 0.717) is 31.0 Å². The largest absolute Gasteiger partial charge is 0.497 e. The van der Waals surface area contributed by atoms with Gasteiger partial charge in [0.05, 0.1) is 7.11 Å². The van der Waals surface area contributed by atoms with E-state index in [-0.39, 0.29) is 11.5 Å². The molecule has 1 aliphatic rings. The fourth-order valence-electron chi connectivity index (χ4n) is 4.97. The van der Waals surface area contributed by atoms with Gasteiger partial charge in [-0.05, 0) is 72.2 Å². The Balaban J connectivity index is 1.40. The molecule has 6 nitrogen and oxygen atoms in total. The summed E-state index contributed by atoms with van der Waals surface area (Å²) in [6.45, 7) is 10.3. The molecule has 4 rings (SSSR count). The van der Waals surface area contributed by atoms with Gasteiger partial charge in [-0.3, -0.25) is 9.69 Å². The van der Waals surface area contributed by atoms with Crippen LogP contribution in [0.4, 0.5) is 0 Å². The highest BCUT2D eigenvalue weighted by Crippen LogP contribution is 2.27. The number of nitrogens with zero attached hydrogens (tertiary/aromatic N) is 2. The third-order valence-corrected chi connectivity index (χ3v) is 6.96. The summed E-state index contributed by atoms with van der Waals surface area (Å²) in [6, 6.07) is 13.7. The van der Waals surface area contributed by atoms with Crippen molar-refractivity contribution in [2.45, 2.75) is 52.5 Å². The van der Waals surface area contributed by atoms with Crippen molar-refractivity contribution in [3.8, 4) is 5.75 Å². The van der Waals surface area contributed by atoms with Crippen molar-refractivity contribution in [1.29, 1.82) is 0 Å². The molecule has 0 unspecified atom stereocenters. The number of ether oxygens (including phenoxy) is 1. The van der Waals surface area contributed by atoms with Crippen LogP contribution in [0.25, 0.3) is 11.0 Å². The molecular formula is C29H36N2O4. The number of fused-ring (bicyclic) bond motifs is 1. The molecule has 6 heteroatoms. The second-order valence-corrected chi connectivity index (χ2v) is 9.81. The van der Waals surface area contributed by atoms with E-state index in [1.165, 1.54) is 5.56 Å². The summed E-state index contributed by atoms with van der Waals surface area (Å²) in [4.78, 5) is 29.5. The lowest BCUT2D eigenvalue weighted by Crippen LogP contribution is -2.35. The second-order valence-electron chi connectivity index (χ2n) is 9.81. The van der Waals surface area contributed by atoms with E-state index in [4.69, 9.17) is 9.15 Å². The van der Waals surface area contributed by atoms with Crippen LogP contribution in [0.3, 0.4) is 0 Å². The van der Waals surface area contributed by atoms with Gasteiger partial charge in [0.15, 0.2) is 0 Å². The predicted molar refractivity (Wildman–Crippen MR) is 139 cm³/mol. The highest BCUT2D eigenvalue weighted by molar-refractivity contribution is 5.82. The van der Waals surface area contributed by atoms with E-state index >= 15 is 0 Å². The number of rotatable bonds is 7. The number of hydrogen-bond donors (Lipinski definition) is 0. The lowest BCUT2D eigenvalue weighted by Gasteiger charge is -2.23. The van der Waals surface area contributed by atoms with Crippen molar-refractivity contribution < 1.29 is 13.9 Å². The predicted octanol–water partition coefficient (Wildman–Crippen LogP) is 4.90. The standard InChI is InChI=1S/C29H36N2O4/c1-20(2)25-18-26-23(17-29(33)35-27(26)16-21(25)3)19-30-12-5-13-31(15-14-30)28(32)11-8-22-6-9-24(34-4)10-7-22/h6-7,9-10,16-18,20H,5,8,11-15,19H2,1-4H3. The van der Waals surface area contributed by atoms with Crippen LogP contribution in [0.1, 0.15) is 54.9 Å². The minimum atomic E-state index is -0.311. The van der Waals surface area contributed by atoms with E-state index in [0.717, 1.165) is 60.3 Å². The molecule has 1 fully saturated rings. The number of amides is 1. The monoisotopic (exact) mass is 476 g/mol. The summed E-state index contributed by atoms with van der Waals surface area (Å²) in [7, 11) is 1.65. The first-order valence-electron chi connectivity index (χ1n) is 12.5. The number of aryl methyl sites for hydroxylation is 2. The van der Waals surface area contributed by atoms with Gasteiger partial charge < -0.3 is 14.1 Å². The fourth-order valence-corrected chi connectivity index (χ4v) is 4.97. The Labute approximate surface area is 207 Å². The van der Waals surface area contributed by atoms with Crippen LogP contribution >= 0.6 is 0 Å². The Hall–Kier alpha value is -3.12. The van der Waals surface area contributed by atoms with E-state index in [2.05, 4.69) is 31.7 Å². The van der Waals surface area contributed by atoms with Gasteiger partial charge in [0.1, 0.15) is 11.3 Å². The van der Waals surface area contributed by atoms with Gasteiger partial charge in [-0.25, -0.2) is 4.79 Å². The maximum atomic E-state index is 12.9. The Morgan fingerprint density at radius 2 is 1.83 bits per heavy atom. The molecule has 0 bridgehead atoms. The zero-order chi connectivity index (χ0) is 24.9. The average molecular weight is 477 g/mol. The zero-order valence-electron chi connectivity index (χ0n) is 21.3. The highest BCUT2D eigenvalue weighted by atomic mass is 16.5. The van der Waals surface area contributed by atoms with Crippen LogP contribution in [0.5, 0.6) is 5.75 Å². The maximum Gasteiger partial charge on any atom is 0.336 e. The molecule has 3 aromatic rings. The first-order chi connectivity index (χ1) is 16.8. The Morgan fingerprint density at radius 3 is 2.54 bits per heavy atom. The number of methoxy groups -OCH3 is 1. The topological polar surface area (TPSA) is 63.0 Å². The molecule has 2 aromatic carbocycles. The third-order valence-electron chi connectivity index (χ3n) is 6.96. The number of benzene rings is 2. The molecular weight excluding hydrogens is 440 g/mol. The van der Waals surface area contributed by atoms with Crippen LogP contribution < -0.4 is 10.4 Å². The quantitative estimate of drug-likeness (QED) is 0.454. The van der Waals surface area contributed by atoms with E-state index < -0.39 is 0 Å². The van der Waals surface area contributed by atoms with E-state index in [9.17, 15) is 9.59 Å². The lowest BCUT2D eigenvalue weighted by atomic mass is 9.95. The maximum absolute atomic E-state index is 12.9. The third kappa shape index (κ3) is 6.12. The average Bonchev–Trinajstić information content (AvgIpc) is 3.07. The minimum Gasteiger partial charge on any atom is -0.497 e. The van der Waals surface area contributed by atoms with Crippen LogP contribution in [-0.2, 0) is 17.8 Å². The summed E-state index contributed by atoms with van der Waals surface area (Å²) >= 11 is 0. The van der Waals surface area contributed by atoms with Crippen LogP contribution in [0, 0.1) is 6.92 Å². The summed E-state index contributed by atoms with van der Waals surface area (Å²) in [5, 5.41) is 1.01. The molecule has 2 heterocycles. The molecule has 0 saturated carbocycles. The second kappa shape index (κ2) is 11.1. The zero-order valence-corrected chi connectivity index (χ0v) is 21.3. The van der Waals surface area contributed by atoms with Gasteiger partial charge in [0.2, 0.25) is 5.91 Å². The molecule has 1 amide bonds. The van der Waals surface area contributed by atoms with E-state index in [1.807, 2.05) is 35.2 Å². The molecule has 0 radical (unpaired) electrons. The molecule has 1 saturated heterocycles. The smallest absolute Gasteiger partial charge is 0.336 e. The molecule has 0 atom stereocenters. The van der Waals surface area contributed by atoms with Crippen LogP contribution in [0.2, 0.25) is 0 Å². The van der Waals surface area contributed by atoms with Crippen molar-refractivity contribution >= 4 is 16.9 Å².